The quantitative estimate of drug-likeness (QED) is 0.362. The van der Waals surface area contributed by atoms with Gasteiger partial charge in [-0.15, -0.1) is 0 Å². The number of rotatable bonds is 3. The summed E-state index contributed by atoms with van der Waals surface area (Å²) in [6.45, 7) is 9.39. The van der Waals surface area contributed by atoms with Gasteiger partial charge in [0, 0.05) is 0 Å². The van der Waals surface area contributed by atoms with Gasteiger partial charge in [-0.25, -0.2) is 9.59 Å². The summed E-state index contributed by atoms with van der Waals surface area (Å²) in [5, 5.41) is 1.18. The third-order valence-electron chi connectivity index (χ3n) is 6.33. The zero-order chi connectivity index (χ0) is 23.6. The Morgan fingerprint density at radius 3 is 1.55 bits per heavy atom. The number of benzene rings is 2. The van der Waals surface area contributed by atoms with Crippen LogP contribution in [0.25, 0.3) is 21.9 Å². The standard InChI is InChI=1S/C27H24O6/c1-12(2)15-8-6-10-17-22(15)32-26(29)20-19(14(5)28)21-25(31-24(17)20)18-11-7-9-16(13(3)4)23(18)33-27(21)30/h6-13,19H,1-5H3. The second-order valence-electron chi connectivity index (χ2n) is 9.17. The third kappa shape index (κ3) is 3.04. The van der Waals surface area contributed by atoms with Gasteiger partial charge in [0.15, 0.2) is 0 Å². The first-order valence-corrected chi connectivity index (χ1v) is 11.1. The van der Waals surface area contributed by atoms with Crippen LogP contribution in [0.4, 0.5) is 0 Å². The molecule has 2 aromatic heterocycles. The lowest BCUT2D eigenvalue weighted by Gasteiger charge is -2.27. The summed E-state index contributed by atoms with van der Waals surface area (Å²) in [5.74, 6) is -0.752. The van der Waals surface area contributed by atoms with Gasteiger partial charge in [0.05, 0.1) is 27.8 Å². The van der Waals surface area contributed by atoms with Crippen molar-refractivity contribution in [1.82, 2.24) is 0 Å². The van der Waals surface area contributed by atoms with Crippen molar-refractivity contribution in [2.75, 3.05) is 0 Å². The summed E-state index contributed by atoms with van der Waals surface area (Å²) in [5.41, 5.74) is 1.28. The van der Waals surface area contributed by atoms with E-state index in [9.17, 15) is 14.4 Å². The van der Waals surface area contributed by atoms with E-state index in [2.05, 4.69) is 0 Å². The molecule has 168 valence electrons. The molecule has 3 heterocycles. The minimum atomic E-state index is -1.13. The van der Waals surface area contributed by atoms with E-state index < -0.39 is 17.2 Å². The summed E-state index contributed by atoms with van der Waals surface area (Å²) in [6.07, 6.45) is 0. The van der Waals surface area contributed by atoms with Gasteiger partial charge in [-0.2, -0.15) is 0 Å². The Hall–Kier alpha value is -3.67. The molecule has 2 aromatic carbocycles. The minimum Gasteiger partial charge on any atom is -0.455 e. The molecular weight excluding hydrogens is 420 g/mol. The molecule has 0 aliphatic carbocycles. The van der Waals surface area contributed by atoms with Crippen molar-refractivity contribution in [2.24, 2.45) is 0 Å². The lowest BCUT2D eigenvalue weighted by molar-refractivity contribution is -0.117. The highest BCUT2D eigenvalue weighted by molar-refractivity contribution is 5.98. The summed E-state index contributed by atoms with van der Waals surface area (Å²) in [6, 6.07) is 11.2. The number of para-hydroxylation sites is 2. The Balaban J connectivity index is 1.93. The van der Waals surface area contributed by atoms with Crippen LogP contribution in [0.2, 0.25) is 0 Å². The van der Waals surface area contributed by atoms with Gasteiger partial charge in [-0.1, -0.05) is 52.0 Å². The number of ether oxygens (including phenoxy) is 1. The van der Waals surface area contributed by atoms with Crippen LogP contribution in [0.5, 0.6) is 11.5 Å². The maximum atomic E-state index is 13.2. The van der Waals surface area contributed by atoms with Crippen LogP contribution in [0.3, 0.4) is 0 Å². The molecule has 0 amide bonds. The highest BCUT2D eigenvalue weighted by Gasteiger charge is 2.40. The molecule has 5 rings (SSSR count). The lowest BCUT2D eigenvalue weighted by Crippen LogP contribution is -2.29. The molecule has 0 unspecified atom stereocenters. The third-order valence-corrected chi connectivity index (χ3v) is 6.33. The fraction of sp³-hybridized carbons (Fsp3) is 0.296. The van der Waals surface area contributed by atoms with Crippen molar-refractivity contribution in [3.05, 3.63) is 79.5 Å². The van der Waals surface area contributed by atoms with Gasteiger partial charge in [-0.05, 0) is 42.0 Å². The Labute approximate surface area is 189 Å². The van der Waals surface area contributed by atoms with Crippen LogP contribution >= 0.6 is 0 Å². The van der Waals surface area contributed by atoms with E-state index in [1.54, 1.807) is 12.1 Å². The van der Waals surface area contributed by atoms with Crippen LogP contribution < -0.4 is 16.0 Å². The van der Waals surface area contributed by atoms with Gasteiger partial charge in [0.1, 0.15) is 28.4 Å². The number of fused-ring (bicyclic) bond motifs is 6. The number of ketones is 1. The molecule has 1 aliphatic rings. The van der Waals surface area contributed by atoms with E-state index in [-0.39, 0.29) is 40.2 Å². The Morgan fingerprint density at radius 2 is 1.18 bits per heavy atom. The van der Waals surface area contributed by atoms with Gasteiger partial charge in [0.25, 0.3) is 0 Å². The highest BCUT2D eigenvalue weighted by atomic mass is 16.5. The monoisotopic (exact) mass is 444 g/mol. The van der Waals surface area contributed by atoms with Gasteiger partial charge < -0.3 is 13.6 Å². The summed E-state index contributed by atoms with van der Waals surface area (Å²) in [7, 11) is 0. The van der Waals surface area contributed by atoms with E-state index in [1.165, 1.54) is 6.92 Å². The zero-order valence-electron chi connectivity index (χ0n) is 19.1. The summed E-state index contributed by atoms with van der Waals surface area (Å²) in [4.78, 5) is 39.2. The normalized spacial score (nSPS) is 13.4. The minimum absolute atomic E-state index is 0.0371. The van der Waals surface area contributed by atoms with Crippen LogP contribution in [0, 0.1) is 0 Å². The largest absolute Gasteiger partial charge is 0.455 e. The van der Waals surface area contributed by atoms with Crippen molar-refractivity contribution in [2.45, 2.75) is 52.4 Å². The molecule has 6 heteroatoms. The molecule has 0 N–H and O–H groups in total. The fourth-order valence-corrected chi connectivity index (χ4v) is 4.75. The molecule has 4 aromatic rings. The van der Waals surface area contributed by atoms with Crippen LogP contribution in [0.15, 0.2) is 54.8 Å². The van der Waals surface area contributed by atoms with E-state index in [0.717, 1.165) is 11.1 Å². The molecule has 0 radical (unpaired) electrons. The molecule has 0 fully saturated rings. The summed E-state index contributed by atoms with van der Waals surface area (Å²) < 4.78 is 17.8. The van der Waals surface area contributed by atoms with E-state index in [4.69, 9.17) is 13.6 Å². The van der Waals surface area contributed by atoms with Gasteiger partial charge >= 0.3 is 11.3 Å². The molecule has 33 heavy (non-hydrogen) atoms. The predicted molar refractivity (Wildman–Crippen MR) is 126 cm³/mol. The maximum absolute atomic E-state index is 13.2. The number of hydrogen-bond acceptors (Lipinski definition) is 6. The Bertz CT molecular complexity index is 1460. The van der Waals surface area contributed by atoms with Crippen LogP contribution in [-0.2, 0) is 4.79 Å². The van der Waals surface area contributed by atoms with Crippen molar-refractivity contribution in [3.63, 3.8) is 0 Å². The molecule has 0 saturated heterocycles. The van der Waals surface area contributed by atoms with Crippen molar-refractivity contribution < 1.29 is 18.4 Å². The van der Waals surface area contributed by atoms with Crippen molar-refractivity contribution >= 4 is 27.7 Å². The number of carbonyl (C=O) groups excluding carboxylic acids is 1. The number of hydrogen-bond donors (Lipinski definition) is 0. The maximum Gasteiger partial charge on any atom is 0.344 e. The molecular formula is C27H24O6. The average molecular weight is 444 g/mol. The number of Topliss-reactive ketones (excluding diaryl/α,β-unsaturated/α-hetero) is 1. The van der Waals surface area contributed by atoms with Gasteiger partial charge in [-0.3, -0.25) is 4.79 Å². The molecule has 0 spiro atoms. The predicted octanol–water partition coefficient (Wildman–Crippen LogP) is 5.97. The lowest BCUT2D eigenvalue weighted by atomic mass is 9.85. The molecule has 0 saturated carbocycles. The topological polar surface area (TPSA) is 86.7 Å². The SMILES string of the molecule is CC(=O)C1c2c(c3cccc(C(C)C)c3oc2=O)Oc2c1c(=O)oc1c(C(C)C)cccc21. The smallest absolute Gasteiger partial charge is 0.344 e. The Morgan fingerprint density at radius 1 is 0.758 bits per heavy atom. The van der Waals surface area contributed by atoms with Crippen LogP contribution in [-0.4, -0.2) is 5.78 Å². The summed E-state index contributed by atoms with van der Waals surface area (Å²) >= 11 is 0. The zero-order valence-corrected chi connectivity index (χ0v) is 19.1. The van der Waals surface area contributed by atoms with Gasteiger partial charge in [0.2, 0.25) is 0 Å². The van der Waals surface area contributed by atoms with Crippen molar-refractivity contribution in [1.29, 1.82) is 0 Å². The van der Waals surface area contributed by atoms with Crippen molar-refractivity contribution in [3.8, 4) is 11.5 Å². The van der Waals surface area contributed by atoms with E-state index in [0.29, 0.717) is 21.9 Å². The molecule has 0 bridgehead atoms. The van der Waals surface area contributed by atoms with E-state index in [1.807, 2.05) is 52.0 Å². The highest BCUT2D eigenvalue weighted by Crippen LogP contribution is 2.48. The fourth-order valence-electron chi connectivity index (χ4n) is 4.75. The number of carbonyl (C=O) groups is 1. The molecule has 6 nitrogen and oxygen atoms in total. The molecule has 1 aliphatic heterocycles. The molecule has 0 atom stereocenters. The van der Waals surface area contributed by atoms with E-state index >= 15 is 0 Å². The first-order chi connectivity index (χ1) is 15.7. The average Bonchev–Trinajstić information content (AvgIpc) is 2.77. The first kappa shape index (κ1) is 21.2. The second-order valence-corrected chi connectivity index (χ2v) is 9.17. The van der Waals surface area contributed by atoms with Crippen LogP contribution in [0.1, 0.15) is 74.6 Å². The Kier molecular flexibility index (Phi) is 4.78. The first-order valence-electron chi connectivity index (χ1n) is 11.1. The second kappa shape index (κ2) is 7.44.